The van der Waals surface area contributed by atoms with Gasteiger partial charge < -0.3 is 10.8 Å². The maximum Gasteiger partial charge on any atom is 0.0620 e. The fraction of sp³-hybridized carbons (Fsp3) is 1.00. The summed E-state index contributed by atoms with van der Waals surface area (Å²) in [6.07, 6.45) is 3.68. The van der Waals surface area contributed by atoms with Crippen LogP contribution in [0.15, 0.2) is 0 Å². The molecule has 3 N–H and O–H groups in total. The Morgan fingerprint density at radius 2 is 2.00 bits per heavy atom. The molecule has 0 rings (SSSR count). The van der Waals surface area contributed by atoms with Crippen LogP contribution < -0.4 is 5.73 Å². The van der Waals surface area contributed by atoms with Gasteiger partial charge in [0.2, 0.25) is 0 Å². The van der Waals surface area contributed by atoms with Crippen LogP contribution in [0, 0.1) is 0 Å². The lowest BCUT2D eigenvalue weighted by atomic mass is 9.95. The molecule has 0 amide bonds. The largest absolute Gasteiger partial charge is 0.390 e. The molecule has 0 aliphatic heterocycles. The third-order valence-electron chi connectivity index (χ3n) is 1.71. The van der Waals surface area contributed by atoms with Gasteiger partial charge in [0.15, 0.2) is 0 Å². The Kier molecular flexibility index (Phi) is 4.65. The summed E-state index contributed by atoms with van der Waals surface area (Å²) in [6.45, 7) is 4.64. The van der Waals surface area contributed by atoms with Crippen molar-refractivity contribution in [3.05, 3.63) is 0 Å². The quantitative estimate of drug-likeness (QED) is 0.612. The first-order valence-electron chi connectivity index (χ1n) is 4.05. The summed E-state index contributed by atoms with van der Waals surface area (Å²) in [7, 11) is 0. The molecule has 1 unspecified atom stereocenters. The number of hydrogen-bond acceptors (Lipinski definition) is 2. The lowest BCUT2D eigenvalue weighted by molar-refractivity contribution is 0.0399. The van der Waals surface area contributed by atoms with Gasteiger partial charge in [0.25, 0.3) is 0 Å². The second-order valence-electron chi connectivity index (χ2n) is 3.14. The Morgan fingerprint density at radius 3 is 2.40 bits per heavy atom. The van der Waals surface area contributed by atoms with E-state index < -0.39 is 5.60 Å². The maximum atomic E-state index is 9.59. The summed E-state index contributed by atoms with van der Waals surface area (Å²) in [4.78, 5) is 0. The van der Waals surface area contributed by atoms with Crippen molar-refractivity contribution >= 4 is 0 Å². The van der Waals surface area contributed by atoms with E-state index in [1.807, 2.05) is 6.92 Å². The van der Waals surface area contributed by atoms with Crippen LogP contribution in [0.25, 0.3) is 0 Å². The SMILES string of the molecule is CCCC(C)(O)CCCN. The Balaban J connectivity index is 3.42. The molecule has 0 heterocycles. The first kappa shape index (κ1) is 9.92. The van der Waals surface area contributed by atoms with Gasteiger partial charge in [0.1, 0.15) is 0 Å². The molecule has 0 aliphatic rings. The number of nitrogens with two attached hydrogens (primary N) is 1. The lowest BCUT2D eigenvalue weighted by Gasteiger charge is -2.21. The van der Waals surface area contributed by atoms with Crippen LogP contribution in [0.2, 0.25) is 0 Å². The molecule has 0 bridgehead atoms. The predicted octanol–water partition coefficient (Wildman–Crippen LogP) is 1.28. The Bertz CT molecular complexity index is 81.3. The van der Waals surface area contributed by atoms with E-state index in [0.29, 0.717) is 6.54 Å². The van der Waals surface area contributed by atoms with Gasteiger partial charge in [-0.25, -0.2) is 0 Å². The molecule has 0 aromatic carbocycles. The van der Waals surface area contributed by atoms with Gasteiger partial charge in [0, 0.05) is 0 Å². The summed E-state index contributed by atoms with van der Waals surface area (Å²) < 4.78 is 0. The molecular weight excluding hydrogens is 126 g/mol. The molecule has 0 aliphatic carbocycles. The molecular formula is C8H19NO. The van der Waals surface area contributed by atoms with Crippen LogP contribution in [0.4, 0.5) is 0 Å². The second-order valence-corrected chi connectivity index (χ2v) is 3.14. The second kappa shape index (κ2) is 4.69. The summed E-state index contributed by atoms with van der Waals surface area (Å²) in [5, 5.41) is 9.59. The molecule has 0 saturated carbocycles. The minimum Gasteiger partial charge on any atom is -0.390 e. The zero-order valence-electron chi connectivity index (χ0n) is 7.06. The molecule has 62 valence electrons. The minimum absolute atomic E-state index is 0.478. The van der Waals surface area contributed by atoms with Crippen molar-refractivity contribution in [1.29, 1.82) is 0 Å². The van der Waals surface area contributed by atoms with E-state index in [-0.39, 0.29) is 0 Å². The van der Waals surface area contributed by atoms with Crippen LogP contribution in [-0.4, -0.2) is 17.3 Å². The highest BCUT2D eigenvalue weighted by Gasteiger charge is 2.17. The molecule has 2 nitrogen and oxygen atoms in total. The lowest BCUT2D eigenvalue weighted by Crippen LogP contribution is -2.24. The third kappa shape index (κ3) is 4.77. The molecule has 0 aromatic heterocycles. The Labute approximate surface area is 63.4 Å². The smallest absolute Gasteiger partial charge is 0.0620 e. The van der Waals surface area contributed by atoms with E-state index >= 15 is 0 Å². The van der Waals surface area contributed by atoms with Crippen molar-refractivity contribution < 1.29 is 5.11 Å². The van der Waals surface area contributed by atoms with Gasteiger partial charge >= 0.3 is 0 Å². The van der Waals surface area contributed by atoms with Crippen molar-refractivity contribution in [1.82, 2.24) is 0 Å². The predicted molar refractivity (Wildman–Crippen MR) is 43.8 cm³/mol. The number of aliphatic hydroxyl groups is 1. The average Bonchev–Trinajstić information content (AvgIpc) is 1.84. The van der Waals surface area contributed by atoms with Crippen LogP contribution >= 0.6 is 0 Å². The summed E-state index contributed by atoms with van der Waals surface area (Å²) in [5.74, 6) is 0. The van der Waals surface area contributed by atoms with Crippen molar-refractivity contribution in [3.8, 4) is 0 Å². The van der Waals surface area contributed by atoms with Gasteiger partial charge in [-0.1, -0.05) is 13.3 Å². The number of rotatable bonds is 5. The molecule has 0 saturated heterocycles. The zero-order chi connectivity index (χ0) is 8.04. The molecule has 1 atom stereocenters. The van der Waals surface area contributed by atoms with Crippen LogP contribution in [0.3, 0.4) is 0 Å². The van der Waals surface area contributed by atoms with Crippen LogP contribution in [0.5, 0.6) is 0 Å². The fourth-order valence-electron chi connectivity index (χ4n) is 1.15. The molecule has 10 heavy (non-hydrogen) atoms. The molecule has 0 fully saturated rings. The highest BCUT2D eigenvalue weighted by Crippen LogP contribution is 2.17. The van der Waals surface area contributed by atoms with Crippen molar-refractivity contribution in [2.45, 2.75) is 45.1 Å². The molecule has 0 aromatic rings. The standard InChI is InChI=1S/C8H19NO/c1-3-5-8(2,10)6-4-7-9/h10H,3-7,9H2,1-2H3. The van der Waals surface area contributed by atoms with E-state index in [4.69, 9.17) is 5.73 Å². The van der Waals surface area contributed by atoms with Gasteiger partial charge in [-0.15, -0.1) is 0 Å². The summed E-state index contributed by atoms with van der Waals surface area (Å²) in [5.41, 5.74) is 4.84. The molecule has 0 radical (unpaired) electrons. The zero-order valence-corrected chi connectivity index (χ0v) is 7.06. The van der Waals surface area contributed by atoms with E-state index in [9.17, 15) is 5.11 Å². The van der Waals surface area contributed by atoms with Crippen molar-refractivity contribution in [2.24, 2.45) is 5.73 Å². The summed E-state index contributed by atoms with van der Waals surface area (Å²) >= 11 is 0. The minimum atomic E-state index is -0.478. The van der Waals surface area contributed by atoms with E-state index in [1.165, 1.54) is 0 Å². The maximum absolute atomic E-state index is 9.59. The molecule has 0 spiro atoms. The van der Waals surface area contributed by atoms with E-state index in [1.54, 1.807) is 0 Å². The van der Waals surface area contributed by atoms with Gasteiger partial charge in [-0.2, -0.15) is 0 Å². The van der Waals surface area contributed by atoms with E-state index in [2.05, 4.69) is 6.92 Å². The third-order valence-corrected chi connectivity index (χ3v) is 1.71. The van der Waals surface area contributed by atoms with Crippen molar-refractivity contribution in [2.75, 3.05) is 6.54 Å². The first-order valence-corrected chi connectivity index (χ1v) is 4.05. The Morgan fingerprint density at radius 1 is 1.40 bits per heavy atom. The van der Waals surface area contributed by atoms with Crippen LogP contribution in [0.1, 0.15) is 39.5 Å². The van der Waals surface area contributed by atoms with Gasteiger partial charge in [-0.05, 0) is 32.7 Å². The van der Waals surface area contributed by atoms with Crippen LogP contribution in [-0.2, 0) is 0 Å². The average molecular weight is 145 g/mol. The monoisotopic (exact) mass is 145 g/mol. The molecule has 2 heteroatoms. The number of hydrogen-bond donors (Lipinski definition) is 2. The highest BCUT2D eigenvalue weighted by molar-refractivity contribution is 4.71. The normalized spacial score (nSPS) is 16.8. The van der Waals surface area contributed by atoms with E-state index in [0.717, 1.165) is 25.7 Å². The van der Waals surface area contributed by atoms with Gasteiger partial charge in [-0.3, -0.25) is 0 Å². The first-order chi connectivity index (χ1) is 4.62. The van der Waals surface area contributed by atoms with Gasteiger partial charge in [0.05, 0.1) is 5.60 Å². The summed E-state index contributed by atoms with van der Waals surface area (Å²) in [6, 6.07) is 0. The Hall–Kier alpha value is -0.0800. The van der Waals surface area contributed by atoms with Crippen molar-refractivity contribution in [3.63, 3.8) is 0 Å². The fourth-order valence-corrected chi connectivity index (χ4v) is 1.15. The highest BCUT2D eigenvalue weighted by atomic mass is 16.3. The topological polar surface area (TPSA) is 46.2 Å².